The molecule has 2 aromatic heterocycles. The molecule has 0 amide bonds. The van der Waals surface area contributed by atoms with Gasteiger partial charge in [-0.05, 0) is 90.0 Å². The van der Waals surface area contributed by atoms with Crippen molar-refractivity contribution >= 4 is 50.0 Å². The van der Waals surface area contributed by atoms with Gasteiger partial charge in [-0.2, -0.15) is 0 Å². The van der Waals surface area contributed by atoms with Gasteiger partial charge in [0.05, 0.1) is 11.0 Å². The third-order valence-corrected chi connectivity index (χ3v) is 8.78. The van der Waals surface area contributed by atoms with E-state index in [2.05, 4.69) is 149 Å². The van der Waals surface area contributed by atoms with E-state index < -0.39 is 0 Å². The van der Waals surface area contributed by atoms with Crippen molar-refractivity contribution in [1.29, 1.82) is 0 Å². The fourth-order valence-electron chi connectivity index (χ4n) is 6.63. The van der Waals surface area contributed by atoms with Gasteiger partial charge in [-0.1, -0.05) is 97.1 Å². The molecule has 4 heteroatoms. The molecule has 9 rings (SSSR count). The monoisotopic (exact) mass is 603 g/mol. The van der Waals surface area contributed by atoms with E-state index in [4.69, 9.17) is 9.40 Å². The van der Waals surface area contributed by atoms with Crippen molar-refractivity contribution in [3.63, 3.8) is 0 Å². The Balaban J connectivity index is 1.22. The normalized spacial score (nSPS) is 11.4. The lowest BCUT2D eigenvalue weighted by Crippen LogP contribution is -2.10. The van der Waals surface area contributed by atoms with Crippen LogP contribution in [0.25, 0.3) is 61.2 Å². The number of benzene rings is 7. The average Bonchev–Trinajstić information content (AvgIpc) is 3.73. The maximum atomic E-state index is 6.31. The fraction of sp³-hybridized carbons (Fsp3) is 0. The van der Waals surface area contributed by atoms with Crippen LogP contribution in [0, 0.1) is 0 Å². The van der Waals surface area contributed by atoms with Crippen molar-refractivity contribution in [1.82, 2.24) is 9.55 Å². The molecule has 0 unspecified atom stereocenters. The first-order chi connectivity index (χ1) is 23.3. The number of fused-ring (bicyclic) bond motifs is 4. The minimum absolute atomic E-state index is 0.595. The minimum Gasteiger partial charge on any atom is -0.436 e. The molecular weight excluding hydrogens is 574 g/mol. The first-order valence-corrected chi connectivity index (χ1v) is 15.8. The summed E-state index contributed by atoms with van der Waals surface area (Å²) in [7, 11) is 0. The fourth-order valence-corrected chi connectivity index (χ4v) is 6.63. The summed E-state index contributed by atoms with van der Waals surface area (Å²) in [5.74, 6) is 0.595. The van der Waals surface area contributed by atoms with E-state index in [1.54, 1.807) is 0 Å². The Labute approximate surface area is 272 Å². The molecule has 0 fully saturated rings. The van der Waals surface area contributed by atoms with Crippen LogP contribution < -0.4 is 4.90 Å². The van der Waals surface area contributed by atoms with Crippen molar-refractivity contribution in [2.24, 2.45) is 0 Å². The number of rotatable bonds is 6. The lowest BCUT2D eigenvalue weighted by Gasteiger charge is -2.26. The van der Waals surface area contributed by atoms with Crippen LogP contribution in [-0.4, -0.2) is 9.55 Å². The van der Waals surface area contributed by atoms with Crippen molar-refractivity contribution in [2.45, 2.75) is 0 Å². The second kappa shape index (κ2) is 11.2. The second-order valence-corrected chi connectivity index (χ2v) is 11.7. The Morgan fingerprint density at radius 2 is 1.00 bits per heavy atom. The number of para-hydroxylation sites is 6. The number of oxazole rings is 1. The van der Waals surface area contributed by atoms with E-state index in [9.17, 15) is 0 Å². The van der Waals surface area contributed by atoms with Crippen molar-refractivity contribution in [3.8, 4) is 28.3 Å². The lowest BCUT2D eigenvalue weighted by molar-refractivity contribution is 0.620. The maximum absolute atomic E-state index is 6.31. The SMILES string of the molecule is c1ccc(N(c2ccccc2)c2cc(-c3ccc(-n4c5ccccc5c5ccccc54)cc3)cc(-c3nc4ccccc4o3)c2)cc1. The molecule has 0 saturated carbocycles. The summed E-state index contributed by atoms with van der Waals surface area (Å²) in [6.45, 7) is 0. The molecule has 7 aromatic carbocycles. The van der Waals surface area contributed by atoms with Crippen molar-refractivity contribution in [2.75, 3.05) is 4.90 Å². The third-order valence-electron chi connectivity index (χ3n) is 8.78. The van der Waals surface area contributed by atoms with Gasteiger partial charge in [-0.25, -0.2) is 4.98 Å². The molecule has 0 aliphatic heterocycles. The molecule has 222 valence electrons. The number of anilines is 3. The van der Waals surface area contributed by atoms with Gasteiger partial charge < -0.3 is 13.9 Å². The van der Waals surface area contributed by atoms with Crippen LogP contribution in [0.4, 0.5) is 17.1 Å². The van der Waals surface area contributed by atoms with Crippen molar-refractivity contribution < 1.29 is 4.42 Å². The first-order valence-electron chi connectivity index (χ1n) is 15.8. The van der Waals surface area contributed by atoms with Gasteiger partial charge in [0.1, 0.15) is 5.52 Å². The highest BCUT2D eigenvalue weighted by molar-refractivity contribution is 6.09. The molecule has 9 aromatic rings. The number of aromatic nitrogens is 2. The number of hydrogen-bond acceptors (Lipinski definition) is 3. The molecule has 0 bridgehead atoms. The number of hydrogen-bond donors (Lipinski definition) is 0. The summed E-state index contributed by atoms with van der Waals surface area (Å²) in [4.78, 5) is 7.16. The molecule has 2 heterocycles. The topological polar surface area (TPSA) is 34.2 Å². The van der Waals surface area contributed by atoms with Crippen molar-refractivity contribution in [3.05, 3.63) is 176 Å². The molecule has 0 aliphatic rings. The van der Waals surface area contributed by atoms with E-state index in [0.717, 1.165) is 50.5 Å². The zero-order valence-electron chi connectivity index (χ0n) is 25.5. The Bertz CT molecular complexity index is 2390. The largest absolute Gasteiger partial charge is 0.436 e. The van der Waals surface area contributed by atoms with Crippen LogP contribution in [0.5, 0.6) is 0 Å². The predicted molar refractivity (Wildman–Crippen MR) is 194 cm³/mol. The number of nitrogens with zero attached hydrogens (tertiary/aromatic N) is 3. The minimum atomic E-state index is 0.595. The van der Waals surface area contributed by atoms with Gasteiger partial charge in [0, 0.05) is 39.1 Å². The summed E-state index contributed by atoms with van der Waals surface area (Å²) in [6.07, 6.45) is 0. The zero-order valence-corrected chi connectivity index (χ0v) is 25.5. The van der Waals surface area contributed by atoms with E-state index >= 15 is 0 Å². The van der Waals surface area contributed by atoms with Gasteiger partial charge in [0.2, 0.25) is 5.89 Å². The Morgan fingerprint density at radius 1 is 0.447 bits per heavy atom. The van der Waals surface area contributed by atoms with Crippen LogP contribution >= 0.6 is 0 Å². The molecule has 0 aliphatic carbocycles. The molecule has 0 saturated heterocycles. The Hall–Kier alpha value is -6.39. The predicted octanol–water partition coefficient (Wildman–Crippen LogP) is 11.7. The quantitative estimate of drug-likeness (QED) is 0.190. The Kier molecular flexibility index (Phi) is 6.43. The van der Waals surface area contributed by atoms with Gasteiger partial charge in [-0.15, -0.1) is 0 Å². The van der Waals surface area contributed by atoms with E-state index in [-0.39, 0.29) is 0 Å². The van der Waals surface area contributed by atoms with E-state index in [1.165, 1.54) is 21.8 Å². The van der Waals surface area contributed by atoms with Crippen LogP contribution in [0.3, 0.4) is 0 Å². The zero-order chi connectivity index (χ0) is 31.2. The maximum Gasteiger partial charge on any atom is 0.227 e. The highest BCUT2D eigenvalue weighted by Crippen LogP contribution is 2.40. The Morgan fingerprint density at radius 3 is 1.64 bits per heavy atom. The highest BCUT2D eigenvalue weighted by Gasteiger charge is 2.18. The molecule has 4 nitrogen and oxygen atoms in total. The molecule has 0 radical (unpaired) electrons. The second-order valence-electron chi connectivity index (χ2n) is 11.7. The van der Waals surface area contributed by atoms with Gasteiger partial charge in [-0.3, -0.25) is 0 Å². The van der Waals surface area contributed by atoms with Crippen LogP contribution in [0.1, 0.15) is 0 Å². The van der Waals surface area contributed by atoms with Gasteiger partial charge in [0.25, 0.3) is 0 Å². The van der Waals surface area contributed by atoms with Crippen LogP contribution in [-0.2, 0) is 0 Å². The van der Waals surface area contributed by atoms with Gasteiger partial charge in [0.15, 0.2) is 5.58 Å². The average molecular weight is 604 g/mol. The summed E-state index contributed by atoms with van der Waals surface area (Å²) in [5, 5.41) is 2.51. The molecule has 0 atom stereocenters. The van der Waals surface area contributed by atoms with Crippen LogP contribution in [0.15, 0.2) is 180 Å². The standard InChI is InChI=1S/C43H29N3O/c1-3-13-33(14-4-1)45(34-15-5-2-6-16-34)36-28-31(27-32(29-36)43-44-39-19-9-12-22-42(39)47-43)30-23-25-35(26-24-30)46-40-20-10-7-17-37(40)38-18-8-11-21-41(38)46/h1-29H. The summed E-state index contributed by atoms with van der Waals surface area (Å²) >= 11 is 0. The summed E-state index contributed by atoms with van der Waals surface area (Å²) < 4.78 is 8.66. The molecular formula is C43H29N3O. The third kappa shape index (κ3) is 4.75. The van der Waals surface area contributed by atoms with E-state index in [0.29, 0.717) is 5.89 Å². The smallest absolute Gasteiger partial charge is 0.227 e. The van der Waals surface area contributed by atoms with E-state index in [1.807, 2.05) is 36.4 Å². The van der Waals surface area contributed by atoms with Crippen LogP contribution in [0.2, 0.25) is 0 Å². The molecule has 47 heavy (non-hydrogen) atoms. The summed E-state index contributed by atoms with van der Waals surface area (Å²) in [5.41, 5.74) is 11.4. The molecule has 0 spiro atoms. The first kappa shape index (κ1) is 27.0. The molecule has 0 N–H and O–H groups in total. The highest BCUT2D eigenvalue weighted by atomic mass is 16.3. The summed E-state index contributed by atoms with van der Waals surface area (Å²) in [6, 6.07) is 61.5. The lowest BCUT2D eigenvalue weighted by atomic mass is 10.0. The van der Waals surface area contributed by atoms with Gasteiger partial charge >= 0.3 is 0 Å².